The summed E-state index contributed by atoms with van der Waals surface area (Å²) in [4.78, 5) is 22.6. The van der Waals surface area contributed by atoms with Crippen molar-refractivity contribution in [2.24, 2.45) is 11.3 Å². The van der Waals surface area contributed by atoms with Crippen molar-refractivity contribution >= 4 is 11.9 Å². The number of carbonyl (C=O) groups is 2. The minimum atomic E-state index is -0.644. The van der Waals surface area contributed by atoms with E-state index in [9.17, 15) is 9.59 Å². The predicted octanol–water partition coefficient (Wildman–Crippen LogP) is 1.03. The second kappa shape index (κ2) is 4.52. The van der Waals surface area contributed by atoms with Gasteiger partial charge in [0.2, 0.25) is 0 Å². The van der Waals surface area contributed by atoms with E-state index < -0.39 is 29.4 Å². The number of hydrogen-bond acceptors (Lipinski definition) is 5. The minimum Gasteiger partial charge on any atom is -0.462 e. The van der Waals surface area contributed by atoms with E-state index in [-0.39, 0.29) is 13.0 Å². The summed E-state index contributed by atoms with van der Waals surface area (Å²) in [6, 6.07) is 1.96. The molecule has 2 atom stereocenters. The molecule has 0 N–H and O–H groups in total. The molecule has 0 radical (unpaired) electrons. The Labute approximate surface area is 94.3 Å². The summed E-state index contributed by atoms with van der Waals surface area (Å²) >= 11 is 0. The molecule has 1 fully saturated rings. The van der Waals surface area contributed by atoms with E-state index in [4.69, 9.17) is 14.7 Å². The Morgan fingerprint density at radius 3 is 2.69 bits per heavy atom. The van der Waals surface area contributed by atoms with Gasteiger partial charge in [-0.1, -0.05) is 0 Å². The first kappa shape index (κ1) is 12.5. The lowest BCUT2D eigenvalue weighted by Crippen LogP contribution is -2.40. The van der Waals surface area contributed by atoms with E-state index >= 15 is 0 Å². The van der Waals surface area contributed by atoms with Crippen molar-refractivity contribution in [3.8, 4) is 6.07 Å². The number of esters is 2. The van der Waals surface area contributed by atoms with Crippen LogP contribution in [-0.4, -0.2) is 24.6 Å². The van der Waals surface area contributed by atoms with Crippen LogP contribution in [0.25, 0.3) is 0 Å². The topological polar surface area (TPSA) is 76.4 Å². The molecule has 0 aromatic rings. The molecule has 1 rings (SSSR count). The first-order valence-electron chi connectivity index (χ1n) is 5.11. The van der Waals surface area contributed by atoms with Crippen LogP contribution >= 0.6 is 0 Å². The molecular formula is C11H15NO4. The Hall–Kier alpha value is -1.57. The van der Waals surface area contributed by atoms with Gasteiger partial charge in [0.1, 0.15) is 6.61 Å². The highest BCUT2D eigenvalue weighted by atomic mass is 16.6. The molecule has 0 bridgehead atoms. The zero-order valence-electron chi connectivity index (χ0n) is 9.65. The molecule has 1 heterocycles. The summed E-state index contributed by atoms with van der Waals surface area (Å²) in [7, 11) is 0. The summed E-state index contributed by atoms with van der Waals surface area (Å²) in [6.45, 7) is 5.15. The number of nitriles is 1. The van der Waals surface area contributed by atoms with Gasteiger partial charge in [0.05, 0.1) is 23.8 Å². The zero-order valence-corrected chi connectivity index (χ0v) is 9.65. The highest BCUT2D eigenvalue weighted by molar-refractivity contribution is 5.76. The first-order chi connectivity index (χ1) is 7.34. The van der Waals surface area contributed by atoms with Gasteiger partial charge in [-0.2, -0.15) is 5.26 Å². The van der Waals surface area contributed by atoms with Crippen LogP contribution in [-0.2, 0) is 19.1 Å². The standard InChI is InChI=1S/C11H15NO4/c1-11(2,3)10(14)16-8-6-15-9(13)4-7(8)5-12/h7-8H,4,6H2,1-3H3. The Morgan fingerprint density at radius 1 is 1.56 bits per heavy atom. The Kier molecular flexibility index (Phi) is 3.53. The molecule has 5 heteroatoms. The van der Waals surface area contributed by atoms with E-state index in [0.29, 0.717) is 0 Å². The highest BCUT2D eigenvalue weighted by Crippen LogP contribution is 2.23. The van der Waals surface area contributed by atoms with E-state index in [1.165, 1.54) is 0 Å². The summed E-state index contributed by atoms with van der Waals surface area (Å²) in [6.07, 6.45) is -0.659. The summed E-state index contributed by atoms with van der Waals surface area (Å²) in [5, 5.41) is 8.85. The lowest BCUT2D eigenvalue weighted by atomic mass is 9.95. The summed E-state index contributed by atoms with van der Waals surface area (Å²) in [5.41, 5.74) is -0.624. The van der Waals surface area contributed by atoms with Crippen molar-refractivity contribution in [1.29, 1.82) is 5.26 Å². The average Bonchev–Trinajstić information content (AvgIpc) is 2.19. The monoisotopic (exact) mass is 225 g/mol. The molecule has 0 aromatic carbocycles. The molecule has 0 aliphatic carbocycles. The number of nitrogens with zero attached hydrogens (tertiary/aromatic N) is 1. The Balaban J connectivity index is 2.64. The summed E-state index contributed by atoms with van der Waals surface area (Å²) in [5.74, 6) is -1.42. The molecule has 0 spiro atoms. The first-order valence-corrected chi connectivity index (χ1v) is 5.11. The van der Waals surface area contributed by atoms with Gasteiger partial charge in [0, 0.05) is 0 Å². The van der Waals surface area contributed by atoms with Gasteiger partial charge in [0.25, 0.3) is 0 Å². The van der Waals surface area contributed by atoms with Crippen LogP contribution in [0.1, 0.15) is 27.2 Å². The lowest BCUT2D eigenvalue weighted by Gasteiger charge is -2.28. The fourth-order valence-corrected chi connectivity index (χ4v) is 1.22. The molecule has 0 amide bonds. The Morgan fingerprint density at radius 2 is 2.19 bits per heavy atom. The average molecular weight is 225 g/mol. The molecule has 1 saturated heterocycles. The van der Waals surface area contributed by atoms with Gasteiger partial charge < -0.3 is 9.47 Å². The van der Waals surface area contributed by atoms with Crippen molar-refractivity contribution in [2.45, 2.75) is 33.3 Å². The molecule has 2 unspecified atom stereocenters. The van der Waals surface area contributed by atoms with E-state index in [1.807, 2.05) is 6.07 Å². The minimum absolute atomic E-state index is 0.0153. The number of hydrogen-bond donors (Lipinski definition) is 0. The van der Waals surface area contributed by atoms with Gasteiger partial charge in [-0.25, -0.2) is 0 Å². The molecular weight excluding hydrogens is 210 g/mol. The van der Waals surface area contributed by atoms with E-state index in [2.05, 4.69) is 0 Å². The van der Waals surface area contributed by atoms with Gasteiger partial charge >= 0.3 is 11.9 Å². The van der Waals surface area contributed by atoms with Crippen LogP contribution in [0.2, 0.25) is 0 Å². The SMILES string of the molecule is CC(C)(C)C(=O)OC1COC(=O)CC1C#N. The van der Waals surface area contributed by atoms with Gasteiger partial charge in [-0.15, -0.1) is 0 Å². The Bertz CT molecular complexity index is 337. The maximum Gasteiger partial charge on any atom is 0.311 e. The largest absolute Gasteiger partial charge is 0.462 e. The highest BCUT2D eigenvalue weighted by Gasteiger charge is 2.36. The third-order valence-corrected chi connectivity index (χ3v) is 2.28. The maximum absolute atomic E-state index is 11.6. The third kappa shape index (κ3) is 2.96. The molecule has 0 aromatic heterocycles. The molecule has 1 aliphatic rings. The second-order valence-corrected chi connectivity index (χ2v) is 4.82. The quantitative estimate of drug-likeness (QED) is 0.623. The van der Waals surface area contributed by atoms with Crippen molar-refractivity contribution in [3.63, 3.8) is 0 Å². The zero-order chi connectivity index (χ0) is 12.3. The van der Waals surface area contributed by atoms with Crippen LogP contribution < -0.4 is 0 Å². The molecule has 5 nitrogen and oxygen atoms in total. The van der Waals surface area contributed by atoms with Crippen LogP contribution in [0, 0.1) is 22.7 Å². The summed E-state index contributed by atoms with van der Waals surface area (Å²) < 4.78 is 9.94. The number of rotatable bonds is 1. The molecule has 1 aliphatic heterocycles. The normalized spacial score (nSPS) is 25.5. The van der Waals surface area contributed by atoms with Gasteiger partial charge in [0.15, 0.2) is 6.10 Å². The van der Waals surface area contributed by atoms with Crippen molar-refractivity contribution in [3.05, 3.63) is 0 Å². The lowest BCUT2D eigenvalue weighted by molar-refractivity contribution is -0.175. The van der Waals surface area contributed by atoms with Crippen molar-refractivity contribution in [2.75, 3.05) is 6.61 Å². The fraction of sp³-hybridized carbons (Fsp3) is 0.727. The van der Waals surface area contributed by atoms with Crippen LogP contribution in [0.4, 0.5) is 0 Å². The van der Waals surface area contributed by atoms with Crippen LogP contribution in [0.15, 0.2) is 0 Å². The molecule has 16 heavy (non-hydrogen) atoms. The van der Waals surface area contributed by atoms with Gasteiger partial charge in [-0.05, 0) is 20.8 Å². The number of ether oxygens (including phenoxy) is 2. The third-order valence-electron chi connectivity index (χ3n) is 2.28. The van der Waals surface area contributed by atoms with Crippen molar-refractivity contribution < 1.29 is 19.1 Å². The number of carbonyl (C=O) groups excluding carboxylic acids is 2. The van der Waals surface area contributed by atoms with Crippen LogP contribution in [0.3, 0.4) is 0 Å². The predicted molar refractivity (Wildman–Crippen MR) is 54.0 cm³/mol. The second-order valence-electron chi connectivity index (χ2n) is 4.82. The van der Waals surface area contributed by atoms with Crippen molar-refractivity contribution in [1.82, 2.24) is 0 Å². The molecule has 0 saturated carbocycles. The van der Waals surface area contributed by atoms with E-state index in [1.54, 1.807) is 20.8 Å². The molecule has 88 valence electrons. The van der Waals surface area contributed by atoms with Gasteiger partial charge in [-0.3, -0.25) is 9.59 Å². The number of cyclic esters (lactones) is 1. The maximum atomic E-state index is 11.6. The van der Waals surface area contributed by atoms with Crippen LogP contribution in [0.5, 0.6) is 0 Å². The fourth-order valence-electron chi connectivity index (χ4n) is 1.22. The smallest absolute Gasteiger partial charge is 0.311 e. The van der Waals surface area contributed by atoms with E-state index in [0.717, 1.165) is 0 Å².